The molecule has 2 aliphatic heterocycles. The zero-order chi connectivity index (χ0) is 19.7. The first-order valence-corrected chi connectivity index (χ1v) is 9.66. The molecule has 4 heterocycles. The highest BCUT2D eigenvalue weighted by Crippen LogP contribution is 2.36. The van der Waals surface area contributed by atoms with Gasteiger partial charge in [0.05, 0.1) is 30.8 Å². The number of methoxy groups -OCH3 is 1. The topological polar surface area (TPSA) is 92.3 Å². The number of fused-ring (bicyclic) bond motifs is 2. The molecule has 0 aromatic carbocycles. The number of hydrogen-bond donors (Lipinski definition) is 2. The Kier molecular flexibility index (Phi) is 5.13. The number of Topliss-reactive ketones (excluding diaryl/α,β-unsaturated/α-hetero) is 1. The third-order valence-corrected chi connectivity index (χ3v) is 5.83. The van der Waals surface area contributed by atoms with E-state index < -0.39 is 0 Å². The van der Waals surface area contributed by atoms with Crippen LogP contribution < -0.4 is 15.4 Å². The number of hydrogen-bond acceptors (Lipinski definition) is 8. The standard InChI is InChI=1S/C20H26N6O2/c1-12(27)16-9-21-18(25-19-10-23-20(28-3)11-22-19)8-17(16)24-13-6-14-4-5-15(7-13)26(14)2/h8-11,13-15H,4-7H2,1-3H3,(H2,21,22,24,25). The molecule has 148 valence electrons. The van der Waals surface area contributed by atoms with Crippen molar-refractivity contribution in [2.24, 2.45) is 0 Å². The lowest BCUT2D eigenvalue weighted by atomic mass is 9.97. The second-order valence-electron chi connectivity index (χ2n) is 7.60. The minimum absolute atomic E-state index is 0.00156. The van der Waals surface area contributed by atoms with E-state index in [4.69, 9.17) is 4.74 Å². The summed E-state index contributed by atoms with van der Waals surface area (Å²) < 4.78 is 5.03. The number of ketones is 1. The van der Waals surface area contributed by atoms with Crippen LogP contribution in [0.3, 0.4) is 0 Å². The second kappa shape index (κ2) is 7.71. The fourth-order valence-corrected chi connectivity index (χ4v) is 4.29. The Labute approximate surface area is 164 Å². The molecule has 8 heteroatoms. The summed E-state index contributed by atoms with van der Waals surface area (Å²) in [4.78, 5) is 27.4. The molecule has 2 bridgehead atoms. The number of piperidine rings is 1. The van der Waals surface area contributed by atoms with E-state index >= 15 is 0 Å². The van der Waals surface area contributed by atoms with Crippen molar-refractivity contribution >= 4 is 23.1 Å². The Morgan fingerprint density at radius 3 is 2.43 bits per heavy atom. The lowest BCUT2D eigenvalue weighted by Gasteiger charge is -2.37. The van der Waals surface area contributed by atoms with Crippen LogP contribution in [0.25, 0.3) is 0 Å². The predicted octanol–water partition coefficient (Wildman–Crippen LogP) is 2.86. The van der Waals surface area contributed by atoms with Crippen molar-refractivity contribution in [3.8, 4) is 5.88 Å². The Balaban J connectivity index is 1.53. The summed E-state index contributed by atoms with van der Waals surface area (Å²) in [6.45, 7) is 1.57. The number of aromatic nitrogens is 3. The van der Waals surface area contributed by atoms with Gasteiger partial charge in [0.15, 0.2) is 5.78 Å². The molecule has 2 unspecified atom stereocenters. The minimum atomic E-state index is 0.00156. The van der Waals surface area contributed by atoms with Crippen molar-refractivity contribution < 1.29 is 9.53 Å². The van der Waals surface area contributed by atoms with Crippen molar-refractivity contribution in [1.82, 2.24) is 19.9 Å². The summed E-state index contributed by atoms with van der Waals surface area (Å²) in [5.74, 6) is 1.63. The van der Waals surface area contributed by atoms with Crippen LogP contribution in [-0.2, 0) is 0 Å². The van der Waals surface area contributed by atoms with Gasteiger partial charge >= 0.3 is 0 Å². The van der Waals surface area contributed by atoms with Gasteiger partial charge in [0, 0.05) is 30.4 Å². The number of anilines is 3. The van der Waals surface area contributed by atoms with Crippen LogP contribution in [-0.4, -0.2) is 57.9 Å². The van der Waals surface area contributed by atoms with Crippen LogP contribution in [0.1, 0.15) is 43.0 Å². The van der Waals surface area contributed by atoms with Crippen LogP contribution in [0, 0.1) is 0 Å². The maximum atomic E-state index is 12.1. The molecular formula is C20H26N6O2. The molecule has 2 fully saturated rings. The third-order valence-electron chi connectivity index (χ3n) is 5.83. The van der Waals surface area contributed by atoms with Crippen LogP contribution in [0.15, 0.2) is 24.7 Å². The summed E-state index contributed by atoms with van der Waals surface area (Å²) >= 11 is 0. The molecule has 0 amide bonds. The molecule has 8 nitrogen and oxygen atoms in total. The van der Waals surface area contributed by atoms with Gasteiger partial charge in [0.25, 0.3) is 0 Å². The van der Waals surface area contributed by atoms with Crippen molar-refractivity contribution in [2.75, 3.05) is 24.8 Å². The maximum Gasteiger partial charge on any atom is 0.232 e. The molecule has 28 heavy (non-hydrogen) atoms. The summed E-state index contributed by atoms with van der Waals surface area (Å²) in [5.41, 5.74) is 1.43. The summed E-state index contributed by atoms with van der Waals surface area (Å²) in [5, 5.41) is 6.75. The third kappa shape index (κ3) is 3.77. The zero-order valence-corrected chi connectivity index (χ0v) is 16.5. The van der Waals surface area contributed by atoms with Crippen LogP contribution >= 0.6 is 0 Å². The lowest BCUT2D eigenvalue weighted by Crippen LogP contribution is -2.44. The molecule has 0 saturated carbocycles. The number of carbonyl (C=O) groups is 1. The van der Waals surface area contributed by atoms with Gasteiger partial charge in [-0.1, -0.05) is 0 Å². The summed E-state index contributed by atoms with van der Waals surface area (Å²) in [7, 11) is 3.77. The Bertz CT molecular complexity index is 842. The monoisotopic (exact) mass is 382 g/mol. The molecule has 4 rings (SSSR count). The SMILES string of the molecule is COc1cnc(Nc2cc(NC3CC4CCC(C3)N4C)c(C(C)=O)cn2)cn1. The van der Waals surface area contributed by atoms with E-state index in [-0.39, 0.29) is 5.78 Å². The molecule has 2 aromatic rings. The summed E-state index contributed by atoms with van der Waals surface area (Å²) in [6.07, 6.45) is 9.46. The summed E-state index contributed by atoms with van der Waals surface area (Å²) in [6, 6.07) is 3.50. The average molecular weight is 382 g/mol. The van der Waals surface area contributed by atoms with E-state index in [9.17, 15) is 4.79 Å². The fraction of sp³-hybridized carbons (Fsp3) is 0.500. The van der Waals surface area contributed by atoms with Crippen molar-refractivity contribution in [3.63, 3.8) is 0 Å². The normalized spacial score (nSPS) is 24.0. The number of nitrogens with one attached hydrogen (secondary N) is 2. The number of rotatable bonds is 6. The lowest BCUT2D eigenvalue weighted by molar-refractivity contribution is 0.101. The van der Waals surface area contributed by atoms with Gasteiger partial charge in [-0.25, -0.2) is 15.0 Å². The van der Waals surface area contributed by atoms with E-state index in [0.29, 0.717) is 41.2 Å². The second-order valence-corrected chi connectivity index (χ2v) is 7.60. The van der Waals surface area contributed by atoms with Gasteiger partial charge in [0.2, 0.25) is 5.88 Å². The highest BCUT2D eigenvalue weighted by molar-refractivity contribution is 5.99. The van der Waals surface area contributed by atoms with E-state index in [1.54, 1.807) is 32.6 Å². The smallest absolute Gasteiger partial charge is 0.232 e. The highest BCUT2D eigenvalue weighted by Gasteiger charge is 2.38. The number of nitrogens with zero attached hydrogens (tertiary/aromatic N) is 4. The molecule has 2 atom stereocenters. The molecule has 2 N–H and O–H groups in total. The molecular weight excluding hydrogens is 356 g/mol. The van der Waals surface area contributed by atoms with Crippen molar-refractivity contribution in [3.05, 3.63) is 30.2 Å². The Morgan fingerprint density at radius 1 is 1.11 bits per heavy atom. The van der Waals surface area contributed by atoms with E-state index in [1.165, 1.54) is 12.8 Å². The predicted molar refractivity (Wildman–Crippen MR) is 107 cm³/mol. The largest absolute Gasteiger partial charge is 0.480 e. The first kappa shape index (κ1) is 18.6. The first-order chi connectivity index (χ1) is 13.5. The average Bonchev–Trinajstić information content (AvgIpc) is 2.89. The van der Waals surface area contributed by atoms with Gasteiger partial charge in [0.1, 0.15) is 11.6 Å². The van der Waals surface area contributed by atoms with Gasteiger partial charge < -0.3 is 20.3 Å². The van der Waals surface area contributed by atoms with Gasteiger partial charge in [-0.15, -0.1) is 0 Å². The van der Waals surface area contributed by atoms with Crippen molar-refractivity contribution in [1.29, 1.82) is 0 Å². The van der Waals surface area contributed by atoms with Crippen molar-refractivity contribution in [2.45, 2.75) is 50.7 Å². The Hall–Kier alpha value is -2.74. The zero-order valence-electron chi connectivity index (χ0n) is 16.5. The number of pyridine rings is 1. The molecule has 0 radical (unpaired) electrons. The minimum Gasteiger partial charge on any atom is -0.480 e. The maximum absolute atomic E-state index is 12.1. The van der Waals surface area contributed by atoms with Gasteiger partial charge in [-0.05, 0) is 39.7 Å². The molecule has 0 spiro atoms. The molecule has 2 aliphatic rings. The van der Waals surface area contributed by atoms with Crippen LogP contribution in [0.2, 0.25) is 0 Å². The quantitative estimate of drug-likeness (QED) is 0.737. The number of carbonyl (C=O) groups excluding carboxylic acids is 1. The van der Waals surface area contributed by atoms with E-state index in [1.807, 2.05) is 6.07 Å². The fourth-order valence-electron chi connectivity index (χ4n) is 4.29. The Morgan fingerprint density at radius 2 is 1.82 bits per heavy atom. The van der Waals surface area contributed by atoms with Crippen LogP contribution in [0.5, 0.6) is 5.88 Å². The van der Waals surface area contributed by atoms with Gasteiger partial charge in [-0.2, -0.15) is 0 Å². The van der Waals surface area contributed by atoms with E-state index in [2.05, 4.69) is 37.5 Å². The number of ether oxygens (including phenoxy) is 1. The molecule has 2 saturated heterocycles. The van der Waals surface area contributed by atoms with E-state index in [0.717, 1.165) is 18.5 Å². The molecule has 2 aromatic heterocycles. The molecule has 0 aliphatic carbocycles. The highest BCUT2D eigenvalue weighted by atomic mass is 16.5. The first-order valence-electron chi connectivity index (χ1n) is 9.66. The van der Waals surface area contributed by atoms with Gasteiger partial charge in [-0.3, -0.25) is 4.79 Å². The van der Waals surface area contributed by atoms with Crippen LogP contribution in [0.4, 0.5) is 17.3 Å².